The molecule has 0 atom stereocenters. The monoisotopic (exact) mass is 343 g/mol. The van der Waals surface area contributed by atoms with Crippen molar-refractivity contribution in [1.29, 1.82) is 0 Å². The van der Waals surface area contributed by atoms with Gasteiger partial charge >= 0.3 is 5.97 Å². The van der Waals surface area contributed by atoms with Gasteiger partial charge in [-0.2, -0.15) is 0 Å². The zero-order chi connectivity index (χ0) is 18.3. The Labute approximate surface area is 152 Å². The average molecular weight is 344 g/mol. The van der Waals surface area contributed by atoms with Crippen LogP contribution in [0.4, 0.5) is 0 Å². The fourth-order valence-corrected chi connectivity index (χ4v) is 4.41. The van der Waals surface area contributed by atoms with E-state index in [2.05, 4.69) is 39.5 Å². The molecule has 1 saturated carbocycles. The molecule has 1 spiro atoms. The van der Waals surface area contributed by atoms with Gasteiger partial charge in [0, 0.05) is 12.1 Å². The Hall–Kier alpha value is -1.35. The molecule has 1 aliphatic carbocycles. The van der Waals surface area contributed by atoms with Gasteiger partial charge in [0.25, 0.3) is 0 Å². The molecule has 1 aliphatic heterocycles. The van der Waals surface area contributed by atoms with Crippen molar-refractivity contribution >= 4 is 5.97 Å². The van der Waals surface area contributed by atoms with E-state index in [1.54, 1.807) is 0 Å². The van der Waals surface area contributed by atoms with Gasteiger partial charge in [0.15, 0.2) is 0 Å². The van der Waals surface area contributed by atoms with Gasteiger partial charge in [-0.15, -0.1) is 0 Å². The second-order valence-electron chi connectivity index (χ2n) is 9.73. The van der Waals surface area contributed by atoms with E-state index in [0.717, 1.165) is 18.4 Å². The van der Waals surface area contributed by atoms with E-state index in [1.807, 2.05) is 30.3 Å². The van der Waals surface area contributed by atoms with Crippen LogP contribution in [0, 0.1) is 16.7 Å². The van der Waals surface area contributed by atoms with E-state index < -0.39 is 5.41 Å². The van der Waals surface area contributed by atoms with E-state index in [0.29, 0.717) is 17.9 Å². The van der Waals surface area contributed by atoms with Gasteiger partial charge in [0.2, 0.25) is 0 Å². The number of ether oxygens (including phenoxy) is 1. The van der Waals surface area contributed by atoms with E-state index in [-0.39, 0.29) is 11.5 Å². The molecule has 0 bridgehead atoms. The van der Waals surface area contributed by atoms with Gasteiger partial charge in [-0.25, -0.2) is 0 Å². The van der Waals surface area contributed by atoms with Gasteiger partial charge in [0.1, 0.15) is 6.61 Å². The molecule has 138 valence electrons. The summed E-state index contributed by atoms with van der Waals surface area (Å²) in [7, 11) is 0. The van der Waals surface area contributed by atoms with Gasteiger partial charge < -0.3 is 4.74 Å². The number of benzene rings is 1. The molecule has 3 nitrogen and oxygen atoms in total. The highest BCUT2D eigenvalue weighted by molar-refractivity contribution is 5.76. The molecule has 1 heterocycles. The summed E-state index contributed by atoms with van der Waals surface area (Å²) in [4.78, 5) is 15.3. The lowest BCUT2D eigenvalue weighted by molar-refractivity contribution is -0.164. The molecule has 25 heavy (non-hydrogen) atoms. The first-order valence-corrected chi connectivity index (χ1v) is 9.59. The smallest absolute Gasteiger partial charge is 0.312 e. The predicted molar refractivity (Wildman–Crippen MR) is 101 cm³/mol. The molecule has 0 N–H and O–H groups in total. The third kappa shape index (κ3) is 3.76. The van der Waals surface area contributed by atoms with Crippen LogP contribution in [0.1, 0.15) is 59.4 Å². The fourth-order valence-electron chi connectivity index (χ4n) is 4.41. The van der Waals surface area contributed by atoms with Gasteiger partial charge in [-0.05, 0) is 77.3 Å². The highest BCUT2D eigenvalue weighted by Gasteiger charge is 2.55. The van der Waals surface area contributed by atoms with E-state index >= 15 is 0 Å². The number of hydrogen-bond donors (Lipinski definition) is 0. The minimum Gasteiger partial charge on any atom is -0.460 e. The Morgan fingerprint density at radius 3 is 2.36 bits per heavy atom. The van der Waals surface area contributed by atoms with Crippen LogP contribution in [0.25, 0.3) is 0 Å². The van der Waals surface area contributed by atoms with Crippen molar-refractivity contribution in [1.82, 2.24) is 4.90 Å². The van der Waals surface area contributed by atoms with Gasteiger partial charge in [-0.3, -0.25) is 9.69 Å². The SMILES string of the molecule is CC(C)(C(=O)OCc1ccccc1)C1CC2(CCN(C(C)(C)C)C2)C1. The third-order valence-electron chi connectivity index (χ3n) is 6.51. The number of rotatable bonds is 4. The van der Waals surface area contributed by atoms with E-state index in [4.69, 9.17) is 4.74 Å². The molecule has 1 aromatic carbocycles. The lowest BCUT2D eigenvalue weighted by Gasteiger charge is -2.51. The standard InChI is InChI=1S/C22H33NO2/c1-20(2,3)23-12-11-22(16-23)13-18(14-22)21(4,5)19(24)25-15-17-9-7-6-8-10-17/h6-10,18H,11-16H2,1-5H3. The molecule has 2 aliphatic rings. The van der Waals surface area contributed by atoms with Crippen LogP contribution in [0.3, 0.4) is 0 Å². The first kappa shape index (κ1) is 18.4. The van der Waals surface area contributed by atoms with Gasteiger partial charge in [0.05, 0.1) is 5.41 Å². The van der Waals surface area contributed by atoms with Crippen LogP contribution in [0.15, 0.2) is 30.3 Å². The number of esters is 1. The Morgan fingerprint density at radius 1 is 1.16 bits per heavy atom. The summed E-state index contributed by atoms with van der Waals surface area (Å²) >= 11 is 0. The normalized spacial score (nSPS) is 27.3. The molecular weight excluding hydrogens is 310 g/mol. The Morgan fingerprint density at radius 2 is 1.80 bits per heavy atom. The van der Waals surface area contributed by atoms with Crippen molar-refractivity contribution in [2.75, 3.05) is 13.1 Å². The van der Waals surface area contributed by atoms with Crippen LogP contribution in [-0.4, -0.2) is 29.5 Å². The van der Waals surface area contributed by atoms with Crippen LogP contribution in [0.2, 0.25) is 0 Å². The molecule has 0 amide bonds. The largest absolute Gasteiger partial charge is 0.460 e. The van der Waals surface area contributed by atoms with Crippen molar-refractivity contribution in [3.05, 3.63) is 35.9 Å². The number of carbonyl (C=O) groups is 1. The molecule has 2 fully saturated rings. The second-order valence-corrected chi connectivity index (χ2v) is 9.73. The zero-order valence-corrected chi connectivity index (χ0v) is 16.5. The maximum Gasteiger partial charge on any atom is 0.312 e. The summed E-state index contributed by atoms with van der Waals surface area (Å²) < 4.78 is 5.63. The lowest BCUT2D eigenvalue weighted by Crippen LogP contribution is -2.50. The summed E-state index contributed by atoms with van der Waals surface area (Å²) in [5.74, 6) is 0.387. The van der Waals surface area contributed by atoms with Crippen LogP contribution >= 0.6 is 0 Å². The quantitative estimate of drug-likeness (QED) is 0.745. The highest BCUT2D eigenvalue weighted by atomic mass is 16.5. The molecule has 0 radical (unpaired) electrons. The molecule has 0 unspecified atom stereocenters. The molecule has 1 saturated heterocycles. The third-order valence-corrected chi connectivity index (χ3v) is 6.51. The summed E-state index contributed by atoms with van der Waals surface area (Å²) in [5.41, 5.74) is 1.34. The maximum atomic E-state index is 12.7. The first-order valence-electron chi connectivity index (χ1n) is 9.59. The number of nitrogens with zero attached hydrogens (tertiary/aromatic N) is 1. The van der Waals surface area contributed by atoms with Crippen molar-refractivity contribution < 1.29 is 9.53 Å². The number of carbonyl (C=O) groups excluding carboxylic acids is 1. The van der Waals surface area contributed by atoms with Crippen LogP contribution in [0.5, 0.6) is 0 Å². The lowest BCUT2D eigenvalue weighted by atomic mass is 9.54. The zero-order valence-electron chi connectivity index (χ0n) is 16.5. The Balaban J connectivity index is 1.53. The average Bonchev–Trinajstić information content (AvgIpc) is 2.98. The van der Waals surface area contributed by atoms with Gasteiger partial charge in [-0.1, -0.05) is 30.3 Å². The van der Waals surface area contributed by atoms with Crippen molar-refractivity contribution in [3.8, 4) is 0 Å². The summed E-state index contributed by atoms with van der Waals surface area (Å²) in [5, 5.41) is 0. The van der Waals surface area contributed by atoms with E-state index in [9.17, 15) is 4.79 Å². The maximum absolute atomic E-state index is 12.7. The van der Waals surface area contributed by atoms with Crippen LogP contribution in [-0.2, 0) is 16.1 Å². The minimum absolute atomic E-state index is 0.0538. The van der Waals surface area contributed by atoms with Crippen molar-refractivity contribution in [2.24, 2.45) is 16.7 Å². The molecule has 0 aromatic heterocycles. The highest BCUT2D eigenvalue weighted by Crippen LogP contribution is 2.58. The fraction of sp³-hybridized carbons (Fsp3) is 0.682. The summed E-state index contributed by atoms with van der Waals surface area (Å²) in [6, 6.07) is 9.93. The number of likely N-dealkylation sites (tertiary alicyclic amines) is 1. The Bertz CT molecular complexity index is 609. The summed E-state index contributed by atoms with van der Waals surface area (Å²) in [6.07, 6.45) is 3.59. The predicted octanol–water partition coefficient (Wildman–Crippen LogP) is 4.66. The molecule has 3 rings (SSSR count). The Kier molecular flexibility index (Phi) is 4.74. The summed E-state index contributed by atoms with van der Waals surface area (Å²) in [6.45, 7) is 13.8. The topological polar surface area (TPSA) is 29.5 Å². The van der Waals surface area contributed by atoms with Crippen LogP contribution < -0.4 is 0 Å². The molecular formula is C22H33NO2. The minimum atomic E-state index is -0.394. The van der Waals surface area contributed by atoms with E-state index in [1.165, 1.54) is 19.5 Å². The number of hydrogen-bond acceptors (Lipinski definition) is 3. The second kappa shape index (κ2) is 6.42. The first-order chi connectivity index (χ1) is 11.6. The molecule has 1 aromatic rings. The molecule has 3 heteroatoms. The van der Waals surface area contributed by atoms with Crippen molar-refractivity contribution in [2.45, 2.75) is 66.0 Å². The van der Waals surface area contributed by atoms with Crippen molar-refractivity contribution in [3.63, 3.8) is 0 Å².